The first-order valence-corrected chi connectivity index (χ1v) is 5.33. The summed E-state index contributed by atoms with van der Waals surface area (Å²) in [6.07, 6.45) is 2.90. The van der Waals surface area contributed by atoms with Gasteiger partial charge in [0.1, 0.15) is 10.3 Å². The van der Waals surface area contributed by atoms with Gasteiger partial charge < -0.3 is 0 Å². The van der Waals surface area contributed by atoms with Crippen molar-refractivity contribution in [1.82, 2.24) is 9.97 Å². The van der Waals surface area contributed by atoms with Crippen molar-refractivity contribution < 1.29 is 0 Å². The van der Waals surface area contributed by atoms with E-state index in [0.29, 0.717) is 5.92 Å². The summed E-state index contributed by atoms with van der Waals surface area (Å²) in [6.45, 7) is 4.39. The van der Waals surface area contributed by atoms with E-state index in [4.69, 9.17) is 0 Å². The van der Waals surface area contributed by atoms with E-state index < -0.39 is 0 Å². The second kappa shape index (κ2) is 3.42. The van der Waals surface area contributed by atoms with Crippen molar-refractivity contribution in [2.45, 2.75) is 20.3 Å². The molecular formula is C10H12N2S. The highest BCUT2D eigenvalue weighted by Crippen LogP contribution is 2.16. The summed E-state index contributed by atoms with van der Waals surface area (Å²) in [4.78, 5) is 9.91. The Labute approximate surface area is 81.7 Å². The highest BCUT2D eigenvalue weighted by molar-refractivity contribution is 7.16. The van der Waals surface area contributed by atoms with Gasteiger partial charge in [0.15, 0.2) is 0 Å². The monoisotopic (exact) mass is 192 g/mol. The van der Waals surface area contributed by atoms with Crippen LogP contribution in [0.1, 0.15) is 19.5 Å². The molecule has 0 amide bonds. The summed E-state index contributed by atoms with van der Waals surface area (Å²) >= 11 is 1.64. The van der Waals surface area contributed by atoms with Crippen LogP contribution >= 0.6 is 11.3 Å². The molecule has 13 heavy (non-hydrogen) atoms. The second-order valence-electron chi connectivity index (χ2n) is 3.57. The van der Waals surface area contributed by atoms with E-state index in [1.54, 1.807) is 11.3 Å². The smallest absolute Gasteiger partial charge is 0.141 e. The lowest BCUT2D eigenvalue weighted by Gasteiger charge is -2.02. The molecule has 2 aromatic rings. The van der Waals surface area contributed by atoms with Gasteiger partial charge in [0.25, 0.3) is 0 Å². The maximum atomic E-state index is 4.52. The summed E-state index contributed by atoms with van der Waals surface area (Å²) in [5, 5.41) is 2.03. The van der Waals surface area contributed by atoms with E-state index in [1.807, 2.05) is 17.6 Å². The van der Waals surface area contributed by atoms with Crippen molar-refractivity contribution in [3.05, 3.63) is 23.3 Å². The fourth-order valence-electron chi connectivity index (χ4n) is 1.31. The Balaban J connectivity index is 2.37. The molecule has 0 saturated heterocycles. The van der Waals surface area contributed by atoms with Crippen LogP contribution in [0.15, 0.2) is 17.6 Å². The zero-order valence-electron chi connectivity index (χ0n) is 7.82. The van der Waals surface area contributed by atoms with Gasteiger partial charge in [-0.1, -0.05) is 13.8 Å². The van der Waals surface area contributed by atoms with Crippen molar-refractivity contribution in [1.29, 1.82) is 0 Å². The number of aromatic nitrogens is 2. The Bertz CT molecular complexity index is 406. The number of hydrogen-bond acceptors (Lipinski definition) is 3. The number of nitrogens with zero attached hydrogens (tertiary/aromatic N) is 2. The van der Waals surface area contributed by atoms with E-state index in [1.165, 1.54) is 0 Å². The van der Waals surface area contributed by atoms with Crippen LogP contribution in [0, 0.1) is 5.92 Å². The van der Waals surface area contributed by atoms with Crippen LogP contribution < -0.4 is 0 Å². The van der Waals surface area contributed by atoms with Crippen molar-refractivity contribution in [2.75, 3.05) is 0 Å². The first kappa shape index (κ1) is 8.63. The van der Waals surface area contributed by atoms with Crippen LogP contribution in [-0.2, 0) is 6.42 Å². The summed E-state index contributed by atoms with van der Waals surface area (Å²) in [5.74, 6) is 0.644. The zero-order valence-corrected chi connectivity index (χ0v) is 8.64. The van der Waals surface area contributed by atoms with E-state index in [0.717, 1.165) is 22.5 Å². The number of fused-ring (bicyclic) bond motifs is 1. The molecule has 0 spiro atoms. The molecule has 0 radical (unpaired) electrons. The molecule has 0 saturated carbocycles. The zero-order chi connectivity index (χ0) is 9.26. The minimum absolute atomic E-state index is 0.644. The second-order valence-corrected chi connectivity index (χ2v) is 4.46. The molecule has 2 heterocycles. The molecule has 0 aliphatic rings. The molecule has 0 aromatic carbocycles. The molecule has 0 aliphatic heterocycles. The van der Waals surface area contributed by atoms with Gasteiger partial charge in [-0.2, -0.15) is 0 Å². The molecule has 2 rings (SSSR count). The number of rotatable bonds is 2. The number of thiophene rings is 1. The van der Waals surface area contributed by atoms with Gasteiger partial charge in [-0.15, -0.1) is 11.3 Å². The molecule has 0 atom stereocenters. The van der Waals surface area contributed by atoms with Crippen LogP contribution in [0.2, 0.25) is 0 Å². The lowest BCUT2D eigenvalue weighted by molar-refractivity contribution is 0.635. The van der Waals surface area contributed by atoms with Gasteiger partial charge in [-0.3, -0.25) is 0 Å². The molecule has 0 bridgehead atoms. The lowest BCUT2D eigenvalue weighted by atomic mass is 10.1. The topological polar surface area (TPSA) is 25.8 Å². The molecule has 0 fully saturated rings. The SMILES string of the molecule is CC(C)Cc1cnc2sccc2n1. The highest BCUT2D eigenvalue weighted by Gasteiger charge is 2.02. The van der Waals surface area contributed by atoms with E-state index in [2.05, 4.69) is 23.8 Å². The van der Waals surface area contributed by atoms with Crippen molar-refractivity contribution in [3.8, 4) is 0 Å². The van der Waals surface area contributed by atoms with Gasteiger partial charge in [0.05, 0.1) is 11.9 Å². The first-order valence-electron chi connectivity index (χ1n) is 4.45. The third kappa shape index (κ3) is 1.86. The Morgan fingerprint density at radius 2 is 2.31 bits per heavy atom. The Morgan fingerprint density at radius 3 is 3.08 bits per heavy atom. The average molecular weight is 192 g/mol. The molecule has 2 aromatic heterocycles. The Morgan fingerprint density at radius 1 is 1.46 bits per heavy atom. The number of hydrogen-bond donors (Lipinski definition) is 0. The molecule has 2 nitrogen and oxygen atoms in total. The maximum absolute atomic E-state index is 4.52. The van der Waals surface area contributed by atoms with Crippen LogP contribution in [0.25, 0.3) is 10.3 Å². The van der Waals surface area contributed by atoms with Crippen LogP contribution in [0.3, 0.4) is 0 Å². The Hall–Kier alpha value is -0.960. The first-order chi connectivity index (χ1) is 6.25. The Kier molecular flexibility index (Phi) is 2.27. The molecule has 0 unspecified atom stereocenters. The molecule has 0 N–H and O–H groups in total. The summed E-state index contributed by atoms with van der Waals surface area (Å²) in [6, 6.07) is 2.02. The van der Waals surface area contributed by atoms with Crippen molar-refractivity contribution in [3.63, 3.8) is 0 Å². The molecular weight excluding hydrogens is 180 g/mol. The fraction of sp³-hybridized carbons (Fsp3) is 0.400. The van der Waals surface area contributed by atoms with Gasteiger partial charge >= 0.3 is 0 Å². The van der Waals surface area contributed by atoms with Crippen LogP contribution in [0.4, 0.5) is 0 Å². The minimum Gasteiger partial charge on any atom is -0.249 e. The van der Waals surface area contributed by atoms with Gasteiger partial charge in [0, 0.05) is 0 Å². The summed E-state index contributed by atoms with van der Waals surface area (Å²) in [5.41, 5.74) is 2.13. The van der Waals surface area contributed by atoms with Gasteiger partial charge in [-0.25, -0.2) is 9.97 Å². The minimum atomic E-state index is 0.644. The van der Waals surface area contributed by atoms with Crippen molar-refractivity contribution >= 4 is 21.7 Å². The van der Waals surface area contributed by atoms with E-state index in [-0.39, 0.29) is 0 Å². The normalized spacial score (nSPS) is 11.3. The molecule has 68 valence electrons. The predicted octanol–water partition coefficient (Wildman–Crippen LogP) is 2.89. The van der Waals surface area contributed by atoms with Gasteiger partial charge in [-0.05, 0) is 23.8 Å². The fourth-order valence-corrected chi connectivity index (χ4v) is 1.98. The molecule has 3 heteroatoms. The largest absolute Gasteiger partial charge is 0.249 e. The van der Waals surface area contributed by atoms with Gasteiger partial charge in [0.2, 0.25) is 0 Å². The summed E-state index contributed by atoms with van der Waals surface area (Å²) < 4.78 is 0. The maximum Gasteiger partial charge on any atom is 0.141 e. The van der Waals surface area contributed by atoms with E-state index >= 15 is 0 Å². The third-order valence-electron chi connectivity index (χ3n) is 1.84. The highest BCUT2D eigenvalue weighted by atomic mass is 32.1. The molecule has 0 aliphatic carbocycles. The van der Waals surface area contributed by atoms with E-state index in [9.17, 15) is 0 Å². The van der Waals surface area contributed by atoms with Crippen molar-refractivity contribution in [2.24, 2.45) is 5.92 Å². The van der Waals surface area contributed by atoms with Crippen LogP contribution in [0.5, 0.6) is 0 Å². The van der Waals surface area contributed by atoms with Crippen LogP contribution in [-0.4, -0.2) is 9.97 Å². The average Bonchev–Trinajstić information content (AvgIpc) is 2.49. The standard InChI is InChI=1S/C10H12N2S/c1-7(2)5-8-6-11-10-9(12-8)3-4-13-10/h3-4,6-7H,5H2,1-2H3. The quantitative estimate of drug-likeness (QED) is 0.731. The third-order valence-corrected chi connectivity index (χ3v) is 2.65. The summed E-state index contributed by atoms with van der Waals surface area (Å²) in [7, 11) is 0. The lowest BCUT2D eigenvalue weighted by Crippen LogP contribution is -1.97. The predicted molar refractivity (Wildman–Crippen MR) is 56.0 cm³/mol.